The standard InChI is InChI=1S/C24H49N11O5/c1-14(2)13-18(22(39)40)35-21(38)16(8-3-4-10-25)34-20(37)17(9-6-12-32-24(29)30)33-19(36)15(26)7-5-11-31-23(27)28/h14-18H,3-13,25-26H2,1-2H3,(H,33,36)(H,34,37)(H,35,38)(H,39,40)(H4,27,28,31)(H4,29,30,32). The molecule has 230 valence electrons. The minimum atomic E-state index is -1.17. The molecule has 0 aromatic heterocycles. The Bertz CT molecular complexity index is 858. The van der Waals surface area contributed by atoms with Gasteiger partial charge in [-0.25, -0.2) is 4.79 Å². The fourth-order valence-electron chi connectivity index (χ4n) is 3.70. The van der Waals surface area contributed by atoms with Gasteiger partial charge in [-0.2, -0.15) is 0 Å². The summed E-state index contributed by atoms with van der Waals surface area (Å²) >= 11 is 0. The molecular formula is C24H49N11O5. The molecule has 40 heavy (non-hydrogen) atoms. The lowest BCUT2D eigenvalue weighted by atomic mass is 10.0. The number of carbonyl (C=O) groups excluding carboxylic acids is 3. The first-order chi connectivity index (χ1) is 18.8. The first-order valence-corrected chi connectivity index (χ1v) is 13.5. The van der Waals surface area contributed by atoms with Gasteiger partial charge in [0, 0.05) is 13.1 Å². The Morgan fingerprint density at radius 1 is 0.700 bits per heavy atom. The molecule has 0 aliphatic heterocycles. The predicted molar refractivity (Wildman–Crippen MR) is 154 cm³/mol. The number of aliphatic imine (C=N–C) groups is 2. The van der Waals surface area contributed by atoms with Crippen molar-refractivity contribution in [2.24, 2.45) is 50.3 Å². The minimum absolute atomic E-state index is 0.0140. The van der Waals surface area contributed by atoms with Gasteiger partial charge in [-0.1, -0.05) is 13.8 Å². The summed E-state index contributed by atoms with van der Waals surface area (Å²) in [5.74, 6) is -3.18. The summed E-state index contributed by atoms with van der Waals surface area (Å²) < 4.78 is 0. The number of amides is 3. The number of carboxylic acid groups (broad SMARTS) is 1. The Morgan fingerprint density at radius 2 is 1.15 bits per heavy atom. The van der Waals surface area contributed by atoms with Crippen LogP contribution in [-0.2, 0) is 19.2 Å². The Morgan fingerprint density at radius 3 is 1.60 bits per heavy atom. The Labute approximate surface area is 235 Å². The smallest absolute Gasteiger partial charge is 0.326 e. The van der Waals surface area contributed by atoms with Crippen molar-refractivity contribution in [1.82, 2.24) is 16.0 Å². The number of aliphatic carboxylic acids is 1. The zero-order valence-electron chi connectivity index (χ0n) is 23.6. The number of rotatable bonds is 21. The number of nitrogens with two attached hydrogens (primary N) is 6. The van der Waals surface area contributed by atoms with Gasteiger partial charge in [-0.05, 0) is 63.8 Å². The van der Waals surface area contributed by atoms with E-state index < -0.39 is 47.9 Å². The number of carboxylic acids is 1. The molecule has 4 unspecified atom stereocenters. The van der Waals surface area contributed by atoms with E-state index in [1.54, 1.807) is 0 Å². The van der Waals surface area contributed by atoms with Crippen LogP contribution in [-0.4, -0.2) is 84.5 Å². The second-order valence-electron chi connectivity index (χ2n) is 9.94. The normalized spacial score (nSPS) is 13.8. The molecule has 3 amide bonds. The van der Waals surface area contributed by atoms with Gasteiger partial charge in [-0.3, -0.25) is 24.4 Å². The fraction of sp³-hybridized carbons (Fsp3) is 0.750. The molecule has 0 aromatic rings. The summed E-state index contributed by atoms with van der Waals surface area (Å²) in [6.45, 7) is 4.56. The summed E-state index contributed by atoms with van der Waals surface area (Å²) in [5.41, 5.74) is 32.9. The molecule has 0 aliphatic carbocycles. The van der Waals surface area contributed by atoms with Crippen molar-refractivity contribution >= 4 is 35.6 Å². The van der Waals surface area contributed by atoms with E-state index in [0.29, 0.717) is 38.8 Å². The average Bonchev–Trinajstić information content (AvgIpc) is 2.86. The number of hydrogen-bond donors (Lipinski definition) is 10. The largest absolute Gasteiger partial charge is 0.480 e. The van der Waals surface area contributed by atoms with Crippen LogP contribution in [0.1, 0.15) is 65.2 Å². The van der Waals surface area contributed by atoms with Gasteiger partial charge in [0.25, 0.3) is 0 Å². The Kier molecular flexibility index (Phi) is 18.4. The monoisotopic (exact) mass is 571 g/mol. The third kappa shape index (κ3) is 17.0. The maximum absolute atomic E-state index is 13.3. The third-order valence-electron chi connectivity index (χ3n) is 5.78. The van der Waals surface area contributed by atoms with Crippen molar-refractivity contribution in [2.75, 3.05) is 19.6 Å². The third-order valence-corrected chi connectivity index (χ3v) is 5.78. The molecule has 0 aromatic carbocycles. The van der Waals surface area contributed by atoms with Gasteiger partial charge >= 0.3 is 5.97 Å². The van der Waals surface area contributed by atoms with E-state index in [1.165, 1.54) is 0 Å². The quantitative estimate of drug-likeness (QED) is 0.0379. The van der Waals surface area contributed by atoms with Crippen LogP contribution in [0.15, 0.2) is 9.98 Å². The van der Waals surface area contributed by atoms with Crippen LogP contribution in [0.5, 0.6) is 0 Å². The highest BCUT2D eigenvalue weighted by Crippen LogP contribution is 2.09. The van der Waals surface area contributed by atoms with Crippen molar-refractivity contribution in [3.8, 4) is 0 Å². The second-order valence-corrected chi connectivity index (χ2v) is 9.94. The number of nitrogens with zero attached hydrogens (tertiary/aromatic N) is 2. The van der Waals surface area contributed by atoms with Crippen LogP contribution < -0.4 is 50.4 Å². The zero-order chi connectivity index (χ0) is 30.7. The fourth-order valence-corrected chi connectivity index (χ4v) is 3.70. The second kappa shape index (κ2) is 20.3. The van der Waals surface area contributed by atoms with Crippen LogP contribution in [0.25, 0.3) is 0 Å². The van der Waals surface area contributed by atoms with Gasteiger partial charge in [0.05, 0.1) is 6.04 Å². The molecule has 0 rings (SSSR count). The minimum Gasteiger partial charge on any atom is -0.480 e. The summed E-state index contributed by atoms with van der Waals surface area (Å²) in [4.78, 5) is 58.5. The van der Waals surface area contributed by atoms with Crippen LogP contribution in [0.2, 0.25) is 0 Å². The molecule has 0 saturated heterocycles. The van der Waals surface area contributed by atoms with Gasteiger partial charge < -0.3 is 55.5 Å². The van der Waals surface area contributed by atoms with E-state index >= 15 is 0 Å². The number of carbonyl (C=O) groups is 4. The number of unbranched alkanes of at least 4 members (excludes halogenated alkanes) is 1. The molecule has 16 N–H and O–H groups in total. The van der Waals surface area contributed by atoms with Gasteiger partial charge in [0.1, 0.15) is 18.1 Å². The van der Waals surface area contributed by atoms with E-state index in [-0.39, 0.29) is 50.1 Å². The molecule has 16 nitrogen and oxygen atoms in total. The molecule has 4 atom stereocenters. The van der Waals surface area contributed by atoms with Crippen LogP contribution in [0.4, 0.5) is 0 Å². The van der Waals surface area contributed by atoms with Crippen molar-refractivity contribution in [3.63, 3.8) is 0 Å². The highest BCUT2D eigenvalue weighted by molar-refractivity contribution is 5.94. The topological polar surface area (TPSA) is 305 Å². The van der Waals surface area contributed by atoms with Crippen LogP contribution in [0.3, 0.4) is 0 Å². The van der Waals surface area contributed by atoms with Crippen molar-refractivity contribution < 1.29 is 24.3 Å². The first-order valence-electron chi connectivity index (χ1n) is 13.5. The van der Waals surface area contributed by atoms with Crippen LogP contribution in [0, 0.1) is 5.92 Å². The van der Waals surface area contributed by atoms with E-state index in [4.69, 9.17) is 34.4 Å². The molecule has 0 fully saturated rings. The maximum atomic E-state index is 13.3. The number of hydrogen-bond acceptors (Lipinski definition) is 8. The molecular weight excluding hydrogens is 522 g/mol. The lowest BCUT2D eigenvalue weighted by molar-refractivity contribution is -0.142. The SMILES string of the molecule is CC(C)CC(NC(=O)C(CCCCN)NC(=O)C(CCCN=C(N)N)NC(=O)C(N)CCCN=C(N)N)C(=O)O. The highest BCUT2D eigenvalue weighted by atomic mass is 16.4. The molecule has 16 heteroatoms. The van der Waals surface area contributed by atoms with Crippen molar-refractivity contribution in [3.05, 3.63) is 0 Å². The van der Waals surface area contributed by atoms with Gasteiger partial charge in [0.2, 0.25) is 17.7 Å². The summed E-state index contributed by atoms with van der Waals surface area (Å²) in [6.07, 6.45) is 2.75. The van der Waals surface area contributed by atoms with Gasteiger partial charge in [0.15, 0.2) is 11.9 Å². The lowest BCUT2D eigenvalue weighted by Gasteiger charge is -2.25. The number of guanidine groups is 2. The summed E-state index contributed by atoms with van der Waals surface area (Å²) in [6, 6.07) is -4.15. The predicted octanol–water partition coefficient (Wildman–Crippen LogP) is -2.87. The van der Waals surface area contributed by atoms with E-state index in [0.717, 1.165) is 0 Å². The summed E-state index contributed by atoms with van der Waals surface area (Å²) in [7, 11) is 0. The highest BCUT2D eigenvalue weighted by Gasteiger charge is 2.30. The summed E-state index contributed by atoms with van der Waals surface area (Å²) in [5, 5.41) is 17.3. The van der Waals surface area contributed by atoms with Crippen LogP contribution >= 0.6 is 0 Å². The number of nitrogens with one attached hydrogen (secondary N) is 3. The van der Waals surface area contributed by atoms with Crippen molar-refractivity contribution in [1.29, 1.82) is 0 Å². The first kappa shape index (κ1) is 36.3. The Balaban J connectivity index is 5.61. The van der Waals surface area contributed by atoms with Gasteiger partial charge in [-0.15, -0.1) is 0 Å². The molecule has 0 saturated carbocycles. The molecule has 0 bridgehead atoms. The Hall–Kier alpha value is -3.66. The van der Waals surface area contributed by atoms with E-state index in [2.05, 4.69) is 25.9 Å². The van der Waals surface area contributed by atoms with E-state index in [1.807, 2.05) is 13.8 Å². The maximum Gasteiger partial charge on any atom is 0.326 e. The van der Waals surface area contributed by atoms with Crippen molar-refractivity contribution in [2.45, 2.75) is 89.4 Å². The molecule has 0 aliphatic rings. The average molecular weight is 572 g/mol. The molecule has 0 heterocycles. The molecule has 0 radical (unpaired) electrons. The molecule has 0 spiro atoms. The lowest BCUT2D eigenvalue weighted by Crippen LogP contribution is -2.57. The van der Waals surface area contributed by atoms with E-state index in [9.17, 15) is 24.3 Å². The zero-order valence-corrected chi connectivity index (χ0v) is 23.6.